The number of rotatable bonds is 5. The zero-order valence-corrected chi connectivity index (χ0v) is 17.6. The predicted octanol–water partition coefficient (Wildman–Crippen LogP) is 6.90. The molecule has 0 spiro atoms. The first-order valence-corrected chi connectivity index (χ1v) is 11.5. The lowest BCUT2D eigenvalue weighted by Crippen LogP contribution is -1.99. The van der Waals surface area contributed by atoms with Gasteiger partial charge in [0.05, 0.1) is 27.9 Å². The number of pyridine rings is 1. The van der Waals surface area contributed by atoms with Crippen LogP contribution in [0.25, 0.3) is 31.2 Å². The zero-order valence-electron chi connectivity index (χ0n) is 15.9. The number of nitrogens with one attached hydrogen (secondary N) is 1. The lowest BCUT2D eigenvalue weighted by Gasteiger charge is -2.10. The lowest BCUT2D eigenvalue weighted by molar-refractivity contribution is 0.302. The van der Waals surface area contributed by atoms with Crippen molar-refractivity contribution >= 4 is 65.3 Å². The monoisotopic (exact) mass is 417 g/mol. The van der Waals surface area contributed by atoms with Crippen LogP contribution in [0.15, 0.2) is 48.1 Å². The molecule has 6 rings (SSSR count). The van der Waals surface area contributed by atoms with E-state index in [-0.39, 0.29) is 0 Å². The molecule has 6 heteroatoms. The van der Waals surface area contributed by atoms with Crippen molar-refractivity contribution in [3.63, 3.8) is 0 Å². The Morgan fingerprint density at radius 2 is 1.97 bits per heavy atom. The molecule has 4 nitrogen and oxygen atoms in total. The number of fused-ring (bicyclic) bond motifs is 3. The molecule has 1 saturated carbocycles. The fraction of sp³-hybridized carbons (Fsp3) is 0.217. The Hall–Kier alpha value is -2.70. The Morgan fingerprint density at radius 3 is 2.86 bits per heavy atom. The normalized spacial score (nSPS) is 14.1. The van der Waals surface area contributed by atoms with E-state index in [1.54, 1.807) is 22.7 Å². The Balaban J connectivity index is 1.42. The Bertz CT molecular complexity index is 1370. The number of aromatic nitrogens is 2. The maximum Gasteiger partial charge on any atom is 0.140 e. The number of thiophene rings is 1. The first-order valence-electron chi connectivity index (χ1n) is 9.79. The van der Waals surface area contributed by atoms with E-state index in [1.807, 2.05) is 17.8 Å². The fourth-order valence-electron chi connectivity index (χ4n) is 3.70. The number of ether oxygens (including phenoxy) is 1. The number of thiazole rings is 1. The molecule has 144 valence electrons. The van der Waals surface area contributed by atoms with E-state index in [2.05, 4.69) is 52.5 Å². The minimum absolute atomic E-state index is 0.744. The summed E-state index contributed by atoms with van der Waals surface area (Å²) in [6.45, 7) is 2.98. The summed E-state index contributed by atoms with van der Waals surface area (Å²) in [4.78, 5) is 10.3. The highest BCUT2D eigenvalue weighted by molar-refractivity contribution is 7.19. The van der Waals surface area contributed by atoms with E-state index >= 15 is 0 Å². The summed E-state index contributed by atoms with van der Waals surface area (Å²) >= 11 is 3.45. The van der Waals surface area contributed by atoms with Gasteiger partial charge < -0.3 is 10.1 Å². The number of anilines is 2. The molecule has 0 bridgehead atoms. The molecule has 0 atom stereocenters. The minimum Gasteiger partial charge on any atom is -0.491 e. The van der Waals surface area contributed by atoms with Gasteiger partial charge in [0.15, 0.2) is 0 Å². The summed E-state index contributed by atoms with van der Waals surface area (Å²) in [6, 6.07) is 12.8. The van der Waals surface area contributed by atoms with Crippen LogP contribution in [0.3, 0.4) is 0 Å². The summed E-state index contributed by atoms with van der Waals surface area (Å²) in [5.41, 5.74) is 5.97. The van der Waals surface area contributed by atoms with E-state index in [4.69, 9.17) is 4.74 Å². The molecule has 1 N–H and O–H groups in total. The first kappa shape index (κ1) is 17.2. The quantitative estimate of drug-likeness (QED) is 0.338. The van der Waals surface area contributed by atoms with Crippen molar-refractivity contribution in [2.75, 3.05) is 11.9 Å². The molecule has 0 saturated heterocycles. The standard InChI is InChI=1S/C23H19N3OS2/c1-13-23(27-11-14-2-3-14)17-9-19-16(10-22(17)29-13)18(6-7-24-19)26-15-4-5-21-20(8-15)25-12-28-21/h4-10,12,14H,2-3,11H2,1H3,(H,24,26). The Labute approximate surface area is 176 Å². The highest BCUT2D eigenvalue weighted by Crippen LogP contribution is 2.42. The van der Waals surface area contributed by atoms with Gasteiger partial charge in [-0.1, -0.05) is 0 Å². The van der Waals surface area contributed by atoms with Crippen molar-refractivity contribution in [3.05, 3.63) is 53.0 Å². The van der Waals surface area contributed by atoms with Crippen molar-refractivity contribution in [1.29, 1.82) is 0 Å². The van der Waals surface area contributed by atoms with Gasteiger partial charge in [-0.3, -0.25) is 4.98 Å². The topological polar surface area (TPSA) is 47.0 Å². The van der Waals surface area contributed by atoms with Gasteiger partial charge in [0.2, 0.25) is 0 Å². The molecule has 0 radical (unpaired) electrons. The summed E-state index contributed by atoms with van der Waals surface area (Å²) in [6.07, 6.45) is 4.46. The van der Waals surface area contributed by atoms with Gasteiger partial charge in [-0.05, 0) is 62.1 Å². The molecule has 0 aliphatic heterocycles. The fourth-order valence-corrected chi connectivity index (χ4v) is 5.39. The molecule has 1 aliphatic carbocycles. The summed E-state index contributed by atoms with van der Waals surface area (Å²) < 4.78 is 8.62. The van der Waals surface area contributed by atoms with Crippen molar-refractivity contribution in [2.24, 2.45) is 5.92 Å². The average Bonchev–Trinajstić information content (AvgIpc) is 3.34. The maximum absolute atomic E-state index is 6.18. The van der Waals surface area contributed by atoms with Crippen LogP contribution in [0.4, 0.5) is 11.4 Å². The van der Waals surface area contributed by atoms with E-state index < -0.39 is 0 Å². The molecular formula is C23H19N3OS2. The van der Waals surface area contributed by atoms with Crippen LogP contribution >= 0.6 is 22.7 Å². The Kier molecular flexibility index (Phi) is 3.96. The molecule has 3 heterocycles. The van der Waals surface area contributed by atoms with Gasteiger partial charge in [0, 0.05) is 37.9 Å². The SMILES string of the molecule is Cc1sc2cc3c(Nc4ccc5scnc5c4)ccnc3cc2c1OCC1CC1. The second-order valence-corrected chi connectivity index (χ2v) is 9.77. The maximum atomic E-state index is 6.18. The molecular weight excluding hydrogens is 398 g/mol. The molecule has 0 unspecified atom stereocenters. The third-order valence-electron chi connectivity index (χ3n) is 5.44. The van der Waals surface area contributed by atoms with Crippen LogP contribution in [0.5, 0.6) is 5.75 Å². The molecule has 3 aromatic heterocycles. The second kappa shape index (κ2) is 6.68. The smallest absolute Gasteiger partial charge is 0.140 e. The van der Waals surface area contributed by atoms with Gasteiger partial charge in [0.25, 0.3) is 0 Å². The van der Waals surface area contributed by atoms with E-state index in [9.17, 15) is 0 Å². The van der Waals surface area contributed by atoms with Crippen molar-refractivity contribution < 1.29 is 4.74 Å². The predicted molar refractivity (Wildman–Crippen MR) is 123 cm³/mol. The van der Waals surface area contributed by atoms with E-state index in [1.165, 1.54) is 32.5 Å². The van der Waals surface area contributed by atoms with Gasteiger partial charge in [-0.25, -0.2) is 4.98 Å². The number of nitrogens with zero attached hydrogens (tertiary/aromatic N) is 2. The second-order valence-electron chi connectivity index (χ2n) is 7.63. The van der Waals surface area contributed by atoms with Gasteiger partial charge in [0.1, 0.15) is 5.75 Å². The van der Waals surface area contributed by atoms with Crippen molar-refractivity contribution in [3.8, 4) is 5.75 Å². The molecule has 2 aromatic carbocycles. The van der Waals surface area contributed by atoms with Crippen LogP contribution in [-0.4, -0.2) is 16.6 Å². The lowest BCUT2D eigenvalue weighted by atomic mass is 10.1. The number of hydrogen-bond acceptors (Lipinski definition) is 6. The van der Waals surface area contributed by atoms with Crippen LogP contribution in [0, 0.1) is 12.8 Å². The molecule has 0 amide bonds. The Morgan fingerprint density at radius 1 is 1.03 bits per heavy atom. The van der Waals surface area contributed by atoms with Crippen LogP contribution < -0.4 is 10.1 Å². The summed E-state index contributed by atoms with van der Waals surface area (Å²) in [5.74, 6) is 1.78. The van der Waals surface area contributed by atoms with E-state index in [0.29, 0.717) is 0 Å². The van der Waals surface area contributed by atoms with Crippen LogP contribution in [-0.2, 0) is 0 Å². The minimum atomic E-state index is 0.744. The molecule has 1 aliphatic rings. The third-order valence-corrected chi connectivity index (χ3v) is 7.30. The zero-order chi connectivity index (χ0) is 19.4. The number of benzene rings is 2. The highest BCUT2D eigenvalue weighted by Gasteiger charge is 2.23. The average molecular weight is 418 g/mol. The van der Waals surface area contributed by atoms with Gasteiger partial charge in [-0.2, -0.15) is 0 Å². The van der Waals surface area contributed by atoms with Crippen LogP contribution in [0.1, 0.15) is 17.7 Å². The number of aryl methyl sites for hydroxylation is 1. The van der Waals surface area contributed by atoms with Crippen molar-refractivity contribution in [1.82, 2.24) is 9.97 Å². The van der Waals surface area contributed by atoms with Gasteiger partial charge >= 0.3 is 0 Å². The van der Waals surface area contributed by atoms with Crippen LogP contribution in [0.2, 0.25) is 0 Å². The molecule has 29 heavy (non-hydrogen) atoms. The highest BCUT2D eigenvalue weighted by atomic mass is 32.1. The molecule has 1 fully saturated rings. The number of hydrogen-bond donors (Lipinski definition) is 1. The summed E-state index contributed by atoms with van der Waals surface area (Å²) in [7, 11) is 0. The van der Waals surface area contributed by atoms with E-state index in [0.717, 1.165) is 46.1 Å². The largest absolute Gasteiger partial charge is 0.491 e. The van der Waals surface area contributed by atoms with Gasteiger partial charge in [-0.15, -0.1) is 22.7 Å². The summed E-state index contributed by atoms with van der Waals surface area (Å²) in [5, 5.41) is 5.86. The van der Waals surface area contributed by atoms with Crippen molar-refractivity contribution in [2.45, 2.75) is 19.8 Å². The third kappa shape index (κ3) is 3.12. The first-order chi connectivity index (χ1) is 14.2. The molecule has 5 aromatic rings.